The average molecular weight is 238 g/mol. The van der Waals surface area contributed by atoms with Crippen molar-refractivity contribution in [3.63, 3.8) is 0 Å². The lowest BCUT2D eigenvalue weighted by Crippen LogP contribution is -2.50. The standard InChI is InChI=1S/C15H30N2/c1-14(2,3)17-11-12(8-15(17,4)5)7-13-9-16(6)10-13/h12-13H,7-11H2,1-6H3/t12-/m1/s1. The molecule has 0 radical (unpaired) electrons. The van der Waals surface area contributed by atoms with Gasteiger partial charge in [0.2, 0.25) is 0 Å². The second-order valence-electron chi connectivity index (χ2n) is 7.99. The first-order valence-electron chi connectivity index (χ1n) is 7.15. The topological polar surface area (TPSA) is 6.48 Å². The van der Waals surface area contributed by atoms with Crippen LogP contribution in [0.4, 0.5) is 0 Å². The van der Waals surface area contributed by atoms with E-state index in [-0.39, 0.29) is 0 Å². The monoisotopic (exact) mass is 238 g/mol. The highest BCUT2D eigenvalue weighted by molar-refractivity contribution is 4.99. The van der Waals surface area contributed by atoms with Crippen molar-refractivity contribution in [1.29, 1.82) is 0 Å². The van der Waals surface area contributed by atoms with Gasteiger partial charge in [0.25, 0.3) is 0 Å². The maximum absolute atomic E-state index is 2.72. The molecule has 0 aliphatic carbocycles. The summed E-state index contributed by atoms with van der Waals surface area (Å²) in [6.07, 6.45) is 2.82. The molecule has 100 valence electrons. The molecular formula is C15H30N2. The first-order chi connectivity index (χ1) is 7.68. The molecule has 0 aromatic heterocycles. The highest BCUT2D eigenvalue weighted by Gasteiger charge is 2.44. The van der Waals surface area contributed by atoms with E-state index in [0.717, 1.165) is 11.8 Å². The predicted octanol–water partition coefficient (Wildman–Crippen LogP) is 2.84. The fraction of sp³-hybridized carbons (Fsp3) is 1.00. The molecule has 2 heteroatoms. The fourth-order valence-corrected chi connectivity index (χ4v) is 4.17. The highest BCUT2D eigenvalue weighted by Crippen LogP contribution is 2.41. The van der Waals surface area contributed by atoms with E-state index >= 15 is 0 Å². The Morgan fingerprint density at radius 3 is 2.06 bits per heavy atom. The van der Waals surface area contributed by atoms with E-state index in [0.29, 0.717) is 11.1 Å². The molecule has 0 amide bonds. The molecule has 0 unspecified atom stereocenters. The van der Waals surface area contributed by atoms with Crippen molar-refractivity contribution >= 4 is 0 Å². The van der Waals surface area contributed by atoms with E-state index in [1.807, 2.05) is 0 Å². The van der Waals surface area contributed by atoms with Crippen LogP contribution < -0.4 is 0 Å². The van der Waals surface area contributed by atoms with E-state index in [4.69, 9.17) is 0 Å². The molecule has 2 saturated heterocycles. The van der Waals surface area contributed by atoms with Gasteiger partial charge >= 0.3 is 0 Å². The molecule has 2 heterocycles. The van der Waals surface area contributed by atoms with Gasteiger partial charge < -0.3 is 4.90 Å². The molecule has 17 heavy (non-hydrogen) atoms. The van der Waals surface area contributed by atoms with Crippen molar-refractivity contribution in [3.05, 3.63) is 0 Å². The molecule has 2 nitrogen and oxygen atoms in total. The van der Waals surface area contributed by atoms with Crippen LogP contribution in [0.2, 0.25) is 0 Å². The lowest BCUT2D eigenvalue weighted by atomic mass is 9.85. The summed E-state index contributed by atoms with van der Waals surface area (Å²) in [5.41, 5.74) is 0.702. The quantitative estimate of drug-likeness (QED) is 0.730. The molecule has 0 spiro atoms. The van der Waals surface area contributed by atoms with Gasteiger partial charge in [0.1, 0.15) is 0 Å². The maximum atomic E-state index is 2.72. The molecule has 2 aliphatic heterocycles. The molecule has 0 bridgehead atoms. The molecular weight excluding hydrogens is 208 g/mol. The van der Waals surface area contributed by atoms with Gasteiger partial charge in [-0.1, -0.05) is 0 Å². The van der Waals surface area contributed by atoms with Gasteiger partial charge in [-0.3, -0.25) is 4.90 Å². The van der Waals surface area contributed by atoms with Gasteiger partial charge in [-0.2, -0.15) is 0 Å². The minimum absolute atomic E-state index is 0.314. The largest absolute Gasteiger partial charge is 0.306 e. The summed E-state index contributed by atoms with van der Waals surface area (Å²) in [6, 6.07) is 0. The zero-order valence-electron chi connectivity index (χ0n) is 12.6. The van der Waals surface area contributed by atoms with Crippen LogP contribution in [-0.2, 0) is 0 Å². The molecule has 0 saturated carbocycles. The second kappa shape index (κ2) is 4.24. The third-order valence-corrected chi connectivity index (χ3v) is 4.58. The molecule has 0 aromatic carbocycles. The van der Waals surface area contributed by atoms with Crippen molar-refractivity contribution in [2.45, 2.75) is 58.5 Å². The minimum Gasteiger partial charge on any atom is -0.306 e. The van der Waals surface area contributed by atoms with Gasteiger partial charge in [0.15, 0.2) is 0 Å². The Hall–Kier alpha value is -0.0800. The van der Waals surface area contributed by atoms with Crippen molar-refractivity contribution in [2.24, 2.45) is 11.8 Å². The highest BCUT2D eigenvalue weighted by atomic mass is 15.3. The van der Waals surface area contributed by atoms with E-state index in [1.165, 1.54) is 32.5 Å². The number of rotatable bonds is 2. The third-order valence-electron chi connectivity index (χ3n) is 4.58. The van der Waals surface area contributed by atoms with Crippen LogP contribution in [0.25, 0.3) is 0 Å². The fourth-order valence-electron chi connectivity index (χ4n) is 4.17. The summed E-state index contributed by atoms with van der Waals surface area (Å²) in [4.78, 5) is 5.15. The van der Waals surface area contributed by atoms with Crippen LogP contribution >= 0.6 is 0 Å². The average Bonchev–Trinajstić information content (AvgIpc) is 2.37. The predicted molar refractivity (Wildman–Crippen MR) is 74.2 cm³/mol. The molecule has 0 aromatic rings. The summed E-state index contributed by atoms with van der Waals surface area (Å²) < 4.78 is 0. The van der Waals surface area contributed by atoms with E-state index in [1.54, 1.807) is 0 Å². The lowest BCUT2D eigenvalue weighted by Gasteiger charge is -2.42. The lowest BCUT2D eigenvalue weighted by molar-refractivity contribution is 0.0652. The van der Waals surface area contributed by atoms with Crippen LogP contribution in [0.5, 0.6) is 0 Å². The van der Waals surface area contributed by atoms with Gasteiger partial charge in [-0.15, -0.1) is 0 Å². The number of hydrogen-bond donors (Lipinski definition) is 0. The first-order valence-corrected chi connectivity index (χ1v) is 7.15. The van der Waals surface area contributed by atoms with Crippen LogP contribution in [0.15, 0.2) is 0 Å². The first kappa shape index (κ1) is 13.4. The van der Waals surface area contributed by atoms with E-state index in [9.17, 15) is 0 Å². The Bertz CT molecular complexity index is 271. The Morgan fingerprint density at radius 2 is 1.65 bits per heavy atom. The molecule has 0 N–H and O–H groups in total. The third kappa shape index (κ3) is 2.85. The summed E-state index contributed by atoms with van der Waals surface area (Å²) >= 11 is 0. The minimum atomic E-state index is 0.314. The SMILES string of the molecule is CN1CC(C[C@H]2CN(C(C)(C)C)C(C)(C)C2)C1. The number of hydrogen-bond acceptors (Lipinski definition) is 2. The Morgan fingerprint density at radius 1 is 1.06 bits per heavy atom. The van der Waals surface area contributed by atoms with Crippen LogP contribution in [0.3, 0.4) is 0 Å². The van der Waals surface area contributed by atoms with Crippen molar-refractivity contribution in [2.75, 3.05) is 26.7 Å². The van der Waals surface area contributed by atoms with Gasteiger partial charge in [0.05, 0.1) is 0 Å². The number of nitrogens with zero attached hydrogens (tertiary/aromatic N) is 2. The molecule has 2 rings (SSSR count). The van der Waals surface area contributed by atoms with Crippen LogP contribution in [-0.4, -0.2) is 47.6 Å². The van der Waals surface area contributed by atoms with Crippen molar-refractivity contribution in [1.82, 2.24) is 9.80 Å². The van der Waals surface area contributed by atoms with E-state index < -0.39 is 0 Å². The molecule has 1 atom stereocenters. The summed E-state index contributed by atoms with van der Waals surface area (Å²) in [6.45, 7) is 15.9. The number of likely N-dealkylation sites (tertiary alicyclic amines) is 2. The zero-order chi connectivity index (χ0) is 12.8. The van der Waals surface area contributed by atoms with Gasteiger partial charge in [-0.05, 0) is 66.3 Å². The zero-order valence-corrected chi connectivity index (χ0v) is 12.6. The Labute approximate surface area is 107 Å². The van der Waals surface area contributed by atoms with Gasteiger partial charge in [0, 0.05) is 30.7 Å². The smallest absolute Gasteiger partial charge is 0.0161 e. The Kier molecular flexibility index (Phi) is 3.33. The van der Waals surface area contributed by atoms with E-state index in [2.05, 4.69) is 51.5 Å². The maximum Gasteiger partial charge on any atom is 0.0161 e. The summed E-state index contributed by atoms with van der Waals surface area (Å²) in [5, 5.41) is 0. The summed E-state index contributed by atoms with van der Waals surface area (Å²) in [7, 11) is 2.23. The van der Waals surface area contributed by atoms with Crippen LogP contribution in [0, 0.1) is 11.8 Å². The molecule has 2 fully saturated rings. The normalized spacial score (nSPS) is 31.8. The molecule has 2 aliphatic rings. The second-order valence-corrected chi connectivity index (χ2v) is 7.99. The van der Waals surface area contributed by atoms with Crippen molar-refractivity contribution in [3.8, 4) is 0 Å². The van der Waals surface area contributed by atoms with Crippen LogP contribution in [0.1, 0.15) is 47.5 Å². The van der Waals surface area contributed by atoms with Gasteiger partial charge in [-0.25, -0.2) is 0 Å². The Balaban J connectivity index is 1.92. The summed E-state index contributed by atoms with van der Waals surface area (Å²) in [5.74, 6) is 1.89. The van der Waals surface area contributed by atoms with Crippen molar-refractivity contribution < 1.29 is 0 Å².